The second kappa shape index (κ2) is 6.50. The van der Waals surface area contributed by atoms with Gasteiger partial charge in [-0.15, -0.1) is 0 Å². The normalized spacial score (nSPS) is 19.8. The van der Waals surface area contributed by atoms with Gasteiger partial charge in [-0.25, -0.2) is 19.3 Å². The van der Waals surface area contributed by atoms with Crippen LogP contribution >= 0.6 is 0 Å². The van der Waals surface area contributed by atoms with Gasteiger partial charge in [-0.2, -0.15) is 0 Å². The molecule has 0 radical (unpaired) electrons. The Morgan fingerprint density at radius 1 is 1.11 bits per heavy atom. The molecular formula is C20H18FN5O. The van der Waals surface area contributed by atoms with Gasteiger partial charge >= 0.3 is 0 Å². The monoisotopic (exact) mass is 363 g/mol. The van der Waals surface area contributed by atoms with Gasteiger partial charge in [0.05, 0.1) is 18.9 Å². The second-order valence-corrected chi connectivity index (χ2v) is 6.73. The number of nitrogens with one attached hydrogen (secondary N) is 1. The first-order chi connectivity index (χ1) is 13.3. The van der Waals surface area contributed by atoms with Crippen molar-refractivity contribution in [1.29, 1.82) is 0 Å². The molecule has 1 fully saturated rings. The highest BCUT2D eigenvalue weighted by molar-refractivity contribution is 5.88. The summed E-state index contributed by atoms with van der Waals surface area (Å²) in [7, 11) is 0. The van der Waals surface area contributed by atoms with Gasteiger partial charge in [0.1, 0.15) is 30.4 Å². The molecule has 0 aliphatic carbocycles. The number of ether oxygens (including phenoxy) is 1. The second-order valence-electron chi connectivity index (χ2n) is 6.73. The number of H-pyrrole nitrogens is 1. The molecule has 0 unspecified atom stereocenters. The minimum absolute atomic E-state index is 0.111. The summed E-state index contributed by atoms with van der Waals surface area (Å²) in [5.41, 5.74) is 1.30. The number of nitrogens with zero attached hydrogens (tertiary/aromatic N) is 4. The van der Waals surface area contributed by atoms with E-state index in [4.69, 9.17) is 4.74 Å². The molecule has 1 aliphatic heterocycles. The maximum Gasteiger partial charge on any atom is 0.182 e. The third-order valence-corrected chi connectivity index (χ3v) is 5.02. The number of aromatic nitrogens is 4. The molecule has 2 atom stereocenters. The van der Waals surface area contributed by atoms with Gasteiger partial charge in [0, 0.05) is 11.8 Å². The number of aromatic amines is 1. The number of halogens is 1. The molecule has 27 heavy (non-hydrogen) atoms. The molecule has 0 amide bonds. The fourth-order valence-electron chi connectivity index (χ4n) is 3.75. The highest BCUT2D eigenvalue weighted by Crippen LogP contribution is 2.31. The van der Waals surface area contributed by atoms with Crippen molar-refractivity contribution in [2.75, 3.05) is 18.1 Å². The molecule has 3 heterocycles. The van der Waals surface area contributed by atoms with E-state index in [1.165, 1.54) is 6.33 Å². The number of rotatable bonds is 4. The van der Waals surface area contributed by atoms with E-state index in [9.17, 15) is 4.39 Å². The van der Waals surface area contributed by atoms with Crippen molar-refractivity contribution in [3.8, 4) is 5.75 Å². The summed E-state index contributed by atoms with van der Waals surface area (Å²) < 4.78 is 20.4. The zero-order valence-corrected chi connectivity index (χ0v) is 14.5. The molecule has 7 heteroatoms. The summed E-state index contributed by atoms with van der Waals surface area (Å²) in [6.07, 6.45) is 2.53. The van der Waals surface area contributed by atoms with Crippen LogP contribution in [0.2, 0.25) is 0 Å². The number of anilines is 1. The van der Waals surface area contributed by atoms with Gasteiger partial charge in [0.25, 0.3) is 0 Å². The van der Waals surface area contributed by atoms with Crippen LogP contribution in [0.5, 0.6) is 5.75 Å². The first kappa shape index (κ1) is 16.0. The SMILES string of the molecule is F[C@@H]1C[C@H](COc2cccc3ccccc23)N(c2ncnc3nc[nH]c23)C1. The topological polar surface area (TPSA) is 66.9 Å². The van der Waals surface area contributed by atoms with Crippen molar-refractivity contribution in [3.05, 3.63) is 55.1 Å². The lowest BCUT2D eigenvalue weighted by Crippen LogP contribution is -2.35. The van der Waals surface area contributed by atoms with E-state index in [1.807, 2.05) is 35.2 Å². The van der Waals surface area contributed by atoms with E-state index in [0.717, 1.165) is 22.0 Å². The van der Waals surface area contributed by atoms with Crippen molar-refractivity contribution < 1.29 is 9.13 Å². The Morgan fingerprint density at radius 2 is 2.00 bits per heavy atom. The first-order valence-electron chi connectivity index (χ1n) is 8.95. The summed E-state index contributed by atoms with van der Waals surface area (Å²) in [5.74, 6) is 1.48. The van der Waals surface area contributed by atoms with E-state index in [-0.39, 0.29) is 12.6 Å². The molecule has 1 aliphatic rings. The van der Waals surface area contributed by atoms with Gasteiger partial charge in [-0.05, 0) is 11.5 Å². The summed E-state index contributed by atoms with van der Waals surface area (Å²) >= 11 is 0. The van der Waals surface area contributed by atoms with Crippen molar-refractivity contribution in [2.45, 2.75) is 18.6 Å². The number of fused-ring (bicyclic) bond motifs is 2. The van der Waals surface area contributed by atoms with Crippen LogP contribution in [0.25, 0.3) is 21.9 Å². The number of hydrogen-bond acceptors (Lipinski definition) is 5. The molecule has 4 aromatic rings. The Kier molecular flexibility index (Phi) is 3.85. The van der Waals surface area contributed by atoms with E-state index in [1.54, 1.807) is 6.33 Å². The molecule has 0 spiro atoms. The molecular weight excluding hydrogens is 345 g/mol. The van der Waals surface area contributed by atoms with Gasteiger partial charge < -0.3 is 14.6 Å². The quantitative estimate of drug-likeness (QED) is 0.601. The van der Waals surface area contributed by atoms with Crippen LogP contribution in [0, 0.1) is 0 Å². The average Bonchev–Trinajstić information content (AvgIpc) is 3.32. The van der Waals surface area contributed by atoms with Gasteiger partial charge in [-0.1, -0.05) is 36.4 Å². The van der Waals surface area contributed by atoms with E-state index in [0.29, 0.717) is 24.5 Å². The van der Waals surface area contributed by atoms with Crippen molar-refractivity contribution in [3.63, 3.8) is 0 Å². The lowest BCUT2D eigenvalue weighted by Gasteiger charge is -2.25. The molecule has 6 nitrogen and oxygen atoms in total. The number of hydrogen-bond donors (Lipinski definition) is 1. The van der Waals surface area contributed by atoms with Crippen LogP contribution in [0.15, 0.2) is 55.1 Å². The minimum Gasteiger partial charge on any atom is -0.491 e. The highest BCUT2D eigenvalue weighted by atomic mass is 19.1. The molecule has 5 rings (SSSR count). The van der Waals surface area contributed by atoms with Crippen LogP contribution in [0.1, 0.15) is 6.42 Å². The summed E-state index contributed by atoms with van der Waals surface area (Å²) in [6.45, 7) is 0.669. The fraction of sp³-hybridized carbons (Fsp3) is 0.250. The third kappa shape index (κ3) is 2.85. The smallest absolute Gasteiger partial charge is 0.182 e. The van der Waals surface area contributed by atoms with Gasteiger partial charge in [0.2, 0.25) is 0 Å². The number of alkyl halides is 1. The number of imidazole rings is 1. The highest BCUT2D eigenvalue weighted by Gasteiger charge is 2.35. The zero-order chi connectivity index (χ0) is 18.2. The van der Waals surface area contributed by atoms with E-state index in [2.05, 4.69) is 32.1 Å². The molecule has 136 valence electrons. The summed E-state index contributed by atoms with van der Waals surface area (Å²) in [6, 6.07) is 13.9. The third-order valence-electron chi connectivity index (χ3n) is 5.02. The minimum atomic E-state index is -0.918. The van der Waals surface area contributed by atoms with Crippen LogP contribution in [-0.2, 0) is 0 Å². The van der Waals surface area contributed by atoms with Crippen LogP contribution in [-0.4, -0.2) is 45.3 Å². The van der Waals surface area contributed by atoms with Gasteiger partial charge in [-0.3, -0.25) is 0 Å². The maximum absolute atomic E-state index is 14.2. The molecule has 0 bridgehead atoms. The summed E-state index contributed by atoms with van der Waals surface area (Å²) in [4.78, 5) is 17.7. The van der Waals surface area contributed by atoms with Crippen molar-refractivity contribution in [2.24, 2.45) is 0 Å². The predicted octanol–water partition coefficient (Wildman–Crippen LogP) is 3.50. The predicted molar refractivity (Wildman–Crippen MR) is 102 cm³/mol. The Morgan fingerprint density at radius 3 is 2.96 bits per heavy atom. The number of benzene rings is 2. The Balaban J connectivity index is 1.43. The zero-order valence-electron chi connectivity index (χ0n) is 14.5. The summed E-state index contributed by atoms with van der Waals surface area (Å²) in [5, 5.41) is 2.18. The molecule has 1 saturated heterocycles. The maximum atomic E-state index is 14.2. The lowest BCUT2D eigenvalue weighted by molar-refractivity contribution is 0.278. The lowest BCUT2D eigenvalue weighted by atomic mass is 10.1. The van der Waals surface area contributed by atoms with Crippen LogP contribution < -0.4 is 9.64 Å². The fourth-order valence-corrected chi connectivity index (χ4v) is 3.75. The Labute approximate surface area is 155 Å². The van der Waals surface area contributed by atoms with Crippen molar-refractivity contribution in [1.82, 2.24) is 19.9 Å². The van der Waals surface area contributed by atoms with E-state index < -0.39 is 6.17 Å². The molecule has 2 aromatic heterocycles. The van der Waals surface area contributed by atoms with E-state index >= 15 is 0 Å². The van der Waals surface area contributed by atoms with Crippen LogP contribution in [0.4, 0.5) is 10.2 Å². The van der Waals surface area contributed by atoms with Crippen molar-refractivity contribution >= 4 is 27.8 Å². The molecule has 2 aromatic carbocycles. The largest absolute Gasteiger partial charge is 0.491 e. The Bertz CT molecular complexity index is 1090. The standard InChI is InChI=1S/C20H18FN5O/c21-14-8-15(10-27-17-7-3-5-13-4-1-2-6-16(13)17)26(9-14)20-18-19(23-11-22-18)24-12-25-20/h1-7,11-12,14-15H,8-10H2,(H,22,23,24,25)/t14-,15-/m1/s1. The van der Waals surface area contributed by atoms with Gasteiger partial charge in [0.15, 0.2) is 11.5 Å². The Hall–Kier alpha value is -3.22. The molecule has 0 saturated carbocycles. The average molecular weight is 363 g/mol. The first-order valence-corrected chi connectivity index (χ1v) is 8.95. The molecule has 1 N–H and O–H groups in total. The van der Waals surface area contributed by atoms with Crippen LogP contribution in [0.3, 0.4) is 0 Å².